The highest BCUT2D eigenvalue weighted by Crippen LogP contribution is 2.40. The molecule has 0 N–H and O–H groups in total. The average Bonchev–Trinajstić information content (AvgIpc) is 3.16. The van der Waals surface area contributed by atoms with Gasteiger partial charge in [0.25, 0.3) is 0 Å². The van der Waals surface area contributed by atoms with Gasteiger partial charge in [0, 0.05) is 24.6 Å². The van der Waals surface area contributed by atoms with Gasteiger partial charge in [-0.05, 0) is 68.0 Å². The van der Waals surface area contributed by atoms with Crippen LogP contribution >= 0.6 is 0 Å². The second-order valence-electron chi connectivity index (χ2n) is 9.34. The van der Waals surface area contributed by atoms with Crippen molar-refractivity contribution in [3.8, 4) is 0 Å². The molecule has 1 fully saturated rings. The molecule has 0 bridgehead atoms. The number of sulfonamides is 1. The van der Waals surface area contributed by atoms with Gasteiger partial charge in [-0.3, -0.25) is 0 Å². The van der Waals surface area contributed by atoms with Gasteiger partial charge < -0.3 is 9.47 Å². The van der Waals surface area contributed by atoms with E-state index in [4.69, 9.17) is 9.47 Å². The van der Waals surface area contributed by atoms with Gasteiger partial charge in [-0.1, -0.05) is 12.2 Å². The Morgan fingerprint density at radius 1 is 1.08 bits per heavy atom. The summed E-state index contributed by atoms with van der Waals surface area (Å²) in [5.41, 5.74) is -1.89. The van der Waals surface area contributed by atoms with Crippen molar-refractivity contribution >= 4 is 10.0 Å². The molecule has 0 spiro atoms. The topological polar surface area (TPSA) is 55.8 Å². The van der Waals surface area contributed by atoms with Crippen LogP contribution in [0.25, 0.3) is 0 Å². The van der Waals surface area contributed by atoms with Crippen LogP contribution < -0.4 is 0 Å². The molecule has 3 atom stereocenters. The number of hydrogen-bond donors (Lipinski definition) is 0. The van der Waals surface area contributed by atoms with Crippen LogP contribution in [0.15, 0.2) is 53.8 Å². The van der Waals surface area contributed by atoms with Crippen LogP contribution in [0.3, 0.4) is 0 Å². The minimum absolute atomic E-state index is 0.0488. The number of ether oxygens (including phenoxy) is 2. The van der Waals surface area contributed by atoms with Crippen LogP contribution in [0.2, 0.25) is 0 Å². The van der Waals surface area contributed by atoms with Crippen molar-refractivity contribution in [2.75, 3.05) is 18.8 Å². The Hall–Kier alpha value is -2.31. The zero-order chi connectivity index (χ0) is 27.0. The molecule has 0 saturated carbocycles. The number of allylic oxidation sites excluding steroid dienone is 2. The smallest absolute Gasteiger partial charge is 0.416 e. The third kappa shape index (κ3) is 6.40. The molecule has 2 heterocycles. The van der Waals surface area contributed by atoms with Crippen molar-refractivity contribution in [1.82, 2.24) is 4.31 Å². The number of benzene rings is 1. The Balaban J connectivity index is 1.68. The molecule has 204 valence electrons. The van der Waals surface area contributed by atoms with Crippen molar-refractivity contribution in [3.63, 3.8) is 0 Å². The zero-order valence-corrected chi connectivity index (χ0v) is 20.8. The van der Waals surface area contributed by atoms with Crippen molar-refractivity contribution < 1.29 is 44.2 Å². The number of halogens is 6. The second kappa shape index (κ2) is 10.5. The Bertz CT molecular complexity index is 1170. The minimum atomic E-state index is -4.98. The summed E-state index contributed by atoms with van der Waals surface area (Å²) < 4.78 is 118. The monoisotopic (exact) mass is 551 g/mol. The third-order valence-electron chi connectivity index (χ3n) is 6.71. The fraction of sp³-hybridized carbons (Fsp3) is 0.520. The van der Waals surface area contributed by atoms with E-state index in [2.05, 4.69) is 0 Å². The highest BCUT2D eigenvalue weighted by atomic mass is 32.2. The molecule has 4 rings (SSSR count). The fourth-order valence-electron chi connectivity index (χ4n) is 4.78. The van der Waals surface area contributed by atoms with Gasteiger partial charge in [0.05, 0.1) is 29.2 Å². The number of rotatable bonds is 6. The molecule has 12 heteroatoms. The number of alkyl halides is 6. The van der Waals surface area contributed by atoms with Crippen LogP contribution in [0.1, 0.15) is 55.4 Å². The van der Waals surface area contributed by atoms with Gasteiger partial charge in [0.2, 0.25) is 16.3 Å². The zero-order valence-electron chi connectivity index (χ0n) is 20.0. The maximum Gasteiger partial charge on any atom is 0.416 e. The highest BCUT2D eigenvalue weighted by molar-refractivity contribution is 7.89. The van der Waals surface area contributed by atoms with E-state index in [0.29, 0.717) is 36.2 Å². The normalized spacial score (nSPS) is 25.4. The maximum atomic E-state index is 13.4. The summed E-state index contributed by atoms with van der Waals surface area (Å²) >= 11 is 0. The lowest BCUT2D eigenvalue weighted by atomic mass is 9.85. The van der Waals surface area contributed by atoms with Crippen molar-refractivity contribution in [2.24, 2.45) is 5.92 Å². The Morgan fingerprint density at radius 2 is 1.76 bits per heavy atom. The van der Waals surface area contributed by atoms with E-state index in [0.717, 1.165) is 19.3 Å². The van der Waals surface area contributed by atoms with Gasteiger partial charge in [0.15, 0.2) is 0 Å². The van der Waals surface area contributed by atoms with E-state index < -0.39 is 45.9 Å². The second-order valence-corrected chi connectivity index (χ2v) is 11.4. The fourth-order valence-corrected chi connectivity index (χ4v) is 6.28. The molecule has 1 aliphatic carbocycles. The lowest BCUT2D eigenvalue weighted by molar-refractivity contribution is -0.143. The van der Waals surface area contributed by atoms with Crippen LogP contribution in [0.5, 0.6) is 0 Å². The summed E-state index contributed by atoms with van der Waals surface area (Å²) in [5, 5.41) is 0. The molecule has 1 saturated heterocycles. The molecule has 0 radical (unpaired) electrons. The molecule has 1 aromatic carbocycles. The summed E-state index contributed by atoms with van der Waals surface area (Å²) in [6.07, 6.45) is -2.44. The van der Waals surface area contributed by atoms with Crippen molar-refractivity contribution in [1.29, 1.82) is 0 Å². The summed E-state index contributed by atoms with van der Waals surface area (Å²) in [6.45, 7) is 1.80. The first-order valence-corrected chi connectivity index (χ1v) is 13.5. The van der Waals surface area contributed by atoms with Crippen molar-refractivity contribution in [3.05, 3.63) is 70.5 Å². The van der Waals surface area contributed by atoms with Gasteiger partial charge in [0.1, 0.15) is 0 Å². The van der Waals surface area contributed by atoms with E-state index >= 15 is 0 Å². The third-order valence-corrected chi connectivity index (χ3v) is 8.61. The van der Waals surface area contributed by atoms with Crippen molar-refractivity contribution in [2.45, 2.75) is 57.4 Å². The number of nitrogens with zero attached hydrogens (tertiary/aromatic N) is 1. The summed E-state index contributed by atoms with van der Waals surface area (Å²) in [7, 11) is -3.41. The molecular formula is C25H27F6NO4S. The standard InChI is InChI=1S/C25H27F6NO4S/c1-16(19-12-20(24(26,27)28)14-21(13-19)25(29,30)31)36-23-22(17-6-3-2-4-7-17)18(8-10-35-23)15-32-9-5-11-37(32,33)34/h3,6,8,10,12-14,16-17,23H,2,4-5,7,9,11,15H2,1H3/t16-,17?,23-/m1/s1. The Kier molecular flexibility index (Phi) is 7.83. The van der Waals surface area contributed by atoms with E-state index in [-0.39, 0.29) is 29.8 Å². The van der Waals surface area contributed by atoms with Gasteiger partial charge >= 0.3 is 12.4 Å². The van der Waals surface area contributed by atoms with Crippen LogP contribution in [-0.4, -0.2) is 37.9 Å². The lowest BCUT2D eigenvalue weighted by Crippen LogP contribution is -2.33. The summed E-state index contributed by atoms with van der Waals surface area (Å²) in [5.74, 6) is -0.129. The molecule has 0 aromatic heterocycles. The Labute approximate surface area is 211 Å². The molecule has 3 aliphatic rings. The summed E-state index contributed by atoms with van der Waals surface area (Å²) in [4.78, 5) is 0. The van der Waals surface area contributed by atoms with Gasteiger partial charge in [-0.2, -0.15) is 30.6 Å². The van der Waals surface area contributed by atoms with E-state index in [1.54, 1.807) is 6.08 Å². The summed E-state index contributed by atoms with van der Waals surface area (Å²) in [6, 6.07) is 1.35. The molecule has 1 aromatic rings. The molecule has 2 aliphatic heterocycles. The predicted octanol–water partition coefficient (Wildman–Crippen LogP) is 6.36. The van der Waals surface area contributed by atoms with Crippen LogP contribution in [0.4, 0.5) is 26.3 Å². The molecule has 37 heavy (non-hydrogen) atoms. The molecular weight excluding hydrogens is 524 g/mol. The molecule has 5 nitrogen and oxygen atoms in total. The number of hydrogen-bond acceptors (Lipinski definition) is 4. The molecule has 1 unspecified atom stereocenters. The van der Waals surface area contributed by atoms with Gasteiger partial charge in [-0.15, -0.1) is 0 Å². The highest BCUT2D eigenvalue weighted by Gasteiger charge is 2.38. The molecule has 0 amide bonds. The largest absolute Gasteiger partial charge is 0.468 e. The predicted molar refractivity (Wildman–Crippen MR) is 123 cm³/mol. The van der Waals surface area contributed by atoms with E-state index in [9.17, 15) is 34.8 Å². The quantitative estimate of drug-likeness (QED) is 0.305. The minimum Gasteiger partial charge on any atom is -0.468 e. The van der Waals surface area contributed by atoms with Gasteiger partial charge in [-0.25, -0.2) is 8.42 Å². The Morgan fingerprint density at radius 3 is 2.30 bits per heavy atom. The SMILES string of the molecule is C[C@@H](O[C@H]1OC=CC(CN2CCCS2(=O)=O)=C1C1C=CCCC1)c1cc(C(F)(F)F)cc(C(F)(F)F)c1. The average molecular weight is 552 g/mol. The lowest BCUT2D eigenvalue weighted by Gasteiger charge is -2.34. The first-order chi connectivity index (χ1) is 17.3. The van der Waals surface area contributed by atoms with Crippen LogP contribution in [0, 0.1) is 5.92 Å². The van der Waals surface area contributed by atoms with E-state index in [1.165, 1.54) is 17.5 Å². The van der Waals surface area contributed by atoms with Crippen LogP contribution in [-0.2, 0) is 31.8 Å². The van der Waals surface area contributed by atoms with E-state index in [1.807, 2.05) is 12.2 Å². The first-order valence-electron chi connectivity index (χ1n) is 11.9. The first kappa shape index (κ1) is 27.7. The maximum absolute atomic E-state index is 13.4.